The number of nitrogens with two attached hydrogens (primary N) is 1. The molecule has 0 spiro atoms. The number of hydrogen-bond donors (Lipinski definition) is 1. The maximum absolute atomic E-state index is 6.11. The van der Waals surface area contributed by atoms with Gasteiger partial charge in [0, 0.05) is 11.6 Å². The molecule has 0 saturated heterocycles. The lowest BCUT2D eigenvalue weighted by Crippen LogP contribution is -1.93. The zero-order valence-electron chi connectivity index (χ0n) is 9.14. The predicted molar refractivity (Wildman–Crippen MR) is 72.9 cm³/mol. The third-order valence-corrected chi connectivity index (χ3v) is 3.22. The number of fused-ring (bicyclic) bond motifs is 1. The lowest BCUT2D eigenvalue weighted by Gasteiger charge is -1.97. The molecule has 0 radical (unpaired) electrons. The molecule has 2 N–H and O–H groups in total. The average Bonchev–Trinajstić information content (AvgIpc) is 2.73. The molecule has 18 heavy (non-hydrogen) atoms. The molecule has 0 aliphatic carbocycles. The summed E-state index contributed by atoms with van der Waals surface area (Å²) >= 11 is 12.1. The zero-order chi connectivity index (χ0) is 12.7. The van der Waals surface area contributed by atoms with Gasteiger partial charge in [-0.25, -0.2) is 9.50 Å². The van der Waals surface area contributed by atoms with Gasteiger partial charge in [-0.05, 0) is 12.1 Å². The minimum Gasteiger partial charge on any atom is -0.396 e. The van der Waals surface area contributed by atoms with Gasteiger partial charge in [0.25, 0.3) is 0 Å². The lowest BCUT2D eigenvalue weighted by molar-refractivity contribution is 0.968. The highest BCUT2D eigenvalue weighted by Gasteiger charge is 2.10. The Kier molecular flexibility index (Phi) is 2.61. The number of rotatable bonds is 1. The Morgan fingerprint density at radius 2 is 1.89 bits per heavy atom. The number of anilines is 1. The van der Waals surface area contributed by atoms with E-state index in [-0.39, 0.29) is 0 Å². The number of halogens is 2. The molecular formula is C12H8Cl2N4. The van der Waals surface area contributed by atoms with E-state index in [0.29, 0.717) is 27.2 Å². The third kappa shape index (κ3) is 1.79. The molecule has 3 rings (SSSR count). The Bertz CT molecular complexity index is 697. The summed E-state index contributed by atoms with van der Waals surface area (Å²) < 4.78 is 1.58. The summed E-state index contributed by atoms with van der Waals surface area (Å²) in [5, 5.41) is 5.39. The van der Waals surface area contributed by atoms with Crippen molar-refractivity contribution in [1.29, 1.82) is 0 Å². The van der Waals surface area contributed by atoms with E-state index >= 15 is 0 Å². The number of hydrogen-bond acceptors (Lipinski definition) is 3. The molecule has 0 unspecified atom stereocenters. The van der Waals surface area contributed by atoms with E-state index in [1.165, 1.54) is 0 Å². The van der Waals surface area contributed by atoms with Crippen LogP contribution >= 0.6 is 23.2 Å². The molecular weight excluding hydrogens is 271 g/mol. The summed E-state index contributed by atoms with van der Waals surface area (Å²) in [4.78, 5) is 4.37. The molecule has 6 heteroatoms. The highest BCUT2D eigenvalue weighted by Crippen LogP contribution is 2.26. The van der Waals surface area contributed by atoms with Crippen LogP contribution in [0, 0.1) is 0 Å². The topological polar surface area (TPSA) is 56.2 Å². The molecule has 0 amide bonds. The van der Waals surface area contributed by atoms with Crippen LogP contribution in [-0.4, -0.2) is 14.6 Å². The van der Waals surface area contributed by atoms with Crippen molar-refractivity contribution in [3.8, 4) is 11.4 Å². The fraction of sp³-hybridized carbons (Fsp3) is 0. The Balaban J connectivity index is 2.23. The number of benzene rings is 1. The van der Waals surface area contributed by atoms with Crippen LogP contribution in [0.5, 0.6) is 0 Å². The van der Waals surface area contributed by atoms with Gasteiger partial charge < -0.3 is 5.73 Å². The van der Waals surface area contributed by atoms with Gasteiger partial charge in [-0.2, -0.15) is 0 Å². The molecule has 2 aromatic heterocycles. The van der Waals surface area contributed by atoms with Gasteiger partial charge in [0.15, 0.2) is 11.5 Å². The van der Waals surface area contributed by atoms with E-state index in [4.69, 9.17) is 28.9 Å². The Morgan fingerprint density at radius 1 is 1.11 bits per heavy atom. The molecule has 0 fully saturated rings. The monoisotopic (exact) mass is 278 g/mol. The van der Waals surface area contributed by atoms with Gasteiger partial charge in [-0.15, -0.1) is 5.10 Å². The SMILES string of the molecule is Nc1cn2nc(-c3ccccc3Cl)nc2cc1Cl. The van der Waals surface area contributed by atoms with Crippen molar-refractivity contribution in [3.63, 3.8) is 0 Å². The summed E-state index contributed by atoms with van der Waals surface area (Å²) in [6.45, 7) is 0. The Labute approximate surface area is 113 Å². The van der Waals surface area contributed by atoms with Crippen molar-refractivity contribution in [3.05, 3.63) is 46.6 Å². The van der Waals surface area contributed by atoms with Gasteiger partial charge in [0.2, 0.25) is 0 Å². The molecule has 0 saturated carbocycles. The standard InChI is InChI=1S/C12H8Cl2N4/c13-8-4-2-1-3-7(8)12-16-11-5-9(14)10(15)6-18(11)17-12/h1-6H,15H2. The van der Waals surface area contributed by atoms with Gasteiger partial charge in [0.05, 0.1) is 21.9 Å². The fourth-order valence-electron chi connectivity index (χ4n) is 1.68. The van der Waals surface area contributed by atoms with Gasteiger partial charge in [-0.1, -0.05) is 35.3 Å². The van der Waals surface area contributed by atoms with Crippen molar-refractivity contribution in [1.82, 2.24) is 14.6 Å². The largest absolute Gasteiger partial charge is 0.396 e. The first kappa shape index (κ1) is 11.3. The van der Waals surface area contributed by atoms with Gasteiger partial charge >= 0.3 is 0 Å². The van der Waals surface area contributed by atoms with Crippen LogP contribution in [-0.2, 0) is 0 Å². The van der Waals surface area contributed by atoms with Crippen molar-refractivity contribution >= 4 is 34.5 Å². The molecule has 90 valence electrons. The second kappa shape index (κ2) is 4.15. The van der Waals surface area contributed by atoms with E-state index in [1.807, 2.05) is 18.2 Å². The summed E-state index contributed by atoms with van der Waals surface area (Å²) in [7, 11) is 0. The molecule has 1 aromatic carbocycles. The molecule has 0 atom stereocenters. The second-order valence-electron chi connectivity index (χ2n) is 3.79. The highest BCUT2D eigenvalue weighted by molar-refractivity contribution is 6.33. The van der Waals surface area contributed by atoms with Crippen LogP contribution in [0.3, 0.4) is 0 Å². The summed E-state index contributed by atoms with van der Waals surface area (Å²) in [5.74, 6) is 0.544. The molecule has 0 aliphatic rings. The van der Waals surface area contributed by atoms with Crippen molar-refractivity contribution in [2.24, 2.45) is 0 Å². The average molecular weight is 279 g/mol. The number of nitrogens with zero attached hydrogens (tertiary/aromatic N) is 3. The predicted octanol–water partition coefficient (Wildman–Crippen LogP) is 3.29. The molecule has 0 bridgehead atoms. The van der Waals surface area contributed by atoms with Crippen molar-refractivity contribution in [2.75, 3.05) is 5.73 Å². The van der Waals surface area contributed by atoms with Gasteiger partial charge in [-0.3, -0.25) is 0 Å². The van der Waals surface area contributed by atoms with Crippen LogP contribution in [0.4, 0.5) is 5.69 Å². The lowest BCUT2D eigenvalue weighted by atomic mass is 10.2. The van der Waals surface area contributed by atoms with E-state index in [1.54, 1.807) is 22.8 Å². The third-order valence-electron chi connectivity index (χ3n) is 2.57. The number of pyridine rings is 1. The van der Waals surface area contributed by atoms with Crippen molar-refractivity contribution < 1.29 is 0 Å². The zero-order valence-corrected chi connectivity index (χ0v) is 10.7. The number of aromatic nitrogens is 3. The maximum Gasteiger partial charge on any atom is 0.183 e. The molecule has 3 aromatic rings. The minimum atomic E-state index is 0.458. The van der Waals surface area contributed by atoms with Crippen LogP contribution in [0.25, 0.3) is 17.0 Å². The van der Waals surface area contributed by atoms with Crippen LogP contribution in [0.2, 0.25) is 10.0 Å². The highest BCUT2D eigenvalue weighted by atomic mass is 35.5. The van der Waals surface area contributed by atoms with Crippen LogP contribution in [0.15, 0.2) is 36.5 Å². The summed E-state index contributed by atoms with van der Waals surface area (Å²) in [6.07, 6.45) is 1.63. The van der Waals surface area contributed by atoms with Crippen molar-refractivity contribution in [2.45, 2.75) is 0 Å². The minimum absolute atomic E-state index is 0.458. The molecule has 4 nitrogen and oxygen atoms in total. The Hall–Kier alpha value is -1.78. The first-order chi connectivity index (χ1) is 8.65. The normalized spacial score (nSPS) is 11.0. The maximum atomic E-state index is 6.11. The summed E-state index contributed by atoms with van der Waals surface area (Å²) in [6, 6.07) is 9.07. The first-order valence-electron chi connectivity index (χ1n) is 5.21. The Morgan fingerprint density at radius 3 is 2.67 bits per heavy atom. The number of nitrogen functional groups attached to an aromatic ring is 1. The quantitative estimate of drug-likeness (QED) is 0.743. The van der Waals surface area contributed by atoms with Crippen LogP contribution < -0.4 is 5.73 Å². The second-order valence-corrected chi connectivity index (χ2v) is 4.61. The molecule has 2 heterocycles. The van der Waals surface area contributed by atoms with E-state index in [0.717, 1.165) is 5.56 Å². The van der Waals surface area contributed by atoms with Crippen LogP contribution in [0.1, 0.15) is 0 Å². The summed E-state index contributed by atoms with van der Waals surface area (Å²) in [5.41, 5.74) is 7.58. The first-order valence-corrected chi connectivity index (χ1v) is 5.97. The van der Waals surface area contributed by atoms with E-state index in [9.17, 15) is 0 Å². The fourth-order valence-corrected chi connectivity index (χ4v) is 2.04. The van der Waals surface area contributed by atoms with E-state index < -0.39 is 0 Å². The van der Waals surface area contributed by atoms with E-state index in [2.05, 4.69) is 10.1 Å². The van der Waals surface area contributed by atoms with Gasteiger partial charge in [0.1, 0.15) is 0 Å². The smallest absolute Gasteiger partial charge is 0.183 e. The molecule has 0 aliphatic heterocycles.